The SMILES string of the molecule is O[C@H]1C(N2c3ccccc3CCc3ccccc32)CCC[C@@H]1NCc1ccc(OC(F)(F)F)cc1. The Labute approximate surface area is 203 Å². The van der Waals surface area contributed by atoms with Gasteiger partial charge in [-0.3, -0.25) is 0 Å². The van der Waals surface area contributed by atoms with E-state index in [1.807, 2.05) is 0 Å². The molecule has 3 atom stereocenters. The molecule has 4 nitrogen and oxygen atoms in total. The molecule has 0 amide bonds. The number of aliphatic hydroxyl groups excluding tert-OH is 1. The number of aliphatic hydroxyl groups is 1. The van der Waals surface area contributed by atoms with Crippen molar-refractivity contribution in [1.82, 2.24) is 5.32 Å². The molecule has 2 N–H and O–H groups in total. The maximum atomic E-state index is 12.4. The Hall–Kier alpha value is -3.03. The topological polar surface area (TPSA) is 44.7 Å². The minimum absolute atomic E-state index is 0.0794. The molecule has 7 heteroatoms. The van der Waals surface area contributed by atoms with Crippen molar-refractivity contribution >= 4 is 11.4 Å². The van der Waals surface area contributed by atoms with Crippen LogP contribution in [0.2, 0.25) is 0 Å². The zero-order valence-electron chi connectivity index (χ0n) is 19.3. The molecular formula is C28H29F3N2O2. The van der Waals surface area contributed by atoms with Crippen LogP contribution in [0.25, 0.3) is 0 Å². The molecule has 5 rings (SSSR count). The minimum Gasteiger partial charge on any atom is -0.406 e. The van der Waals surface area contributed by atoms with Crippen molar-refractivity contribution in [3.05, 3.63) is 89.5 Å². The maximum absolute atomic E-state index is 12.4. The van der Waals surface area contributed by atoms with E-state index in [2.05, 4.69) is 63.5 Å². The van der Waals surface area contributed by atoms with Crippen LogP contribution in [-0.2, 0) is 19.4 Å². The second kappa shape index (κ2) is 9.91. The number of fused-ring (bicyclic) bond motifs is 2. The molecule has 0 radical (unpaired) electrons. The Kier molecular flexibility index (Phi) is 6.71. The predicted molar refractivity (Wildman–Crippen MR) is 130 cm³/mol. The van der Waals surface area contributed by atoms with Crippen LogP contribution in [-0.4, -0.2) is 29.7 Å². The molecule has 1 unspecified atom stereocenters. The van der Waals surface area contributed by atoms with Gasteiger partial charge in [-0.25, -0.2) is 0 Å². The van der Waals surface area contributed by atoms with Gasteiger partial charge in [0.2, 0.25) is 0 Å². The van der Waals surface area contributed by atoms with Crippen LogP contribution in [0.3, 0.4) is 0 Å². The van der Waals surface area contributed by atoms with Crippen LogP contribution >= 0.6 is 0 Å². The van der Waals surface area contributed by atoms with Crippen molar-refractivity contribution in [2.45, 2.75) is 63.2 Å². The van der Waals surface area contributed by atoms with Gasteiger partial charge in [0.05, 0.1) is 12.1 Å². The first-order chi connectivity index (χ1) is 16.9. The Morgan fingerprint density at radius 2 is 1.46 bits per heavy atom. The molecule has 0 aromatic heterocycles. The van der Waals surface area contributed by atoms with Gasteiger partial charge in [-0.05, 0) is 73.1 Å². The number of rotatable bonds is 5. The average Bonchev–Trinajstić information content (AvgIpc) is 3.01. The second-order valence-electron chi connectivity index (χ2n) is 9.30. The molecule has 1 fully saturated rings. The van der Waals surface area contributed by atoms with Gasteiger partial charge in [0, 0.05) is 24.0 Å². The van der Waals surface area contributed by atoms with E-state index in [4.69, 9.17) is 0 Å². The Balaban J connectivity index is 1.34. The quantitative estimate of drug-likeness (QED) is 0.476. The van der Waals surface area contributed by atoms with Crippen molar-refractivity contribution in [2.75, 3.05) is 4.90 Å². The molecule has 2 aliphatic rings. The lowest BCUT2D eigenvalue weighted by Gasteiger charge is -2.43. The first-order valence-corrected chi connectivity index (χ1v) is 12.1. The fourth-order valence-corrected chi connectivity index (χ4v) is 5.39. The molecule has 0 saturated heterocycles. The lowest BCUT2D eigenvalue weighted by Crippen LogP contribution is -2.54. The van der Waals surface area contributed by atoms with E-state index in [1.165, 1.54) is 23.3 Å². The summed E-state index contributed by atoms with van der Waals surface area (Å²) in [5, 5.41) is 15.0. The van der Waals surface area contributed by atoms with E-state index < -0.39 is 12.5 Å². The third kappa shape index (κ3) is 5.31. The van der Waals surface area contributed by atoms with Gasteiger partial charge in [0.15, 0.2) is 0 Å². The van der Waals surface area contributed by atoms with Gasteiger partial charge < -0.3 is 20.1 Å². The fraction of sp³-hybridized carbons (Fsp3) is 0.357. The monoisotopic (exact) mass is 482 g/mol. The zero-order valence-corrected chi connectivity index (χ0v) is 19.3. The molecule has 3 aromatic carbocycles. The number of aryl methyl sites for hydroxylation is 2. The smallest absolute Gasteiger partial charge is 0.406 e. The lowest BCUT2D eigenvalue weighted by atomic mass is 9.86. The van der Waals surface area contributed by atoms with Crippen molar-refractivity contribution in [3.63, 3.8) is 0 Å². The first-order valence-electron chi connectivity index (χ1n) is 12.1. The van der Waals surface area contributed by atoms with Crippen molar-refractivity contribution in [2.24, 2.45) is 0 Å². The second-order valence-corrected chi connectivity index (χ2v) is 9.30. The highest BCUT2D eigenvalue weighted by atomic mass is 19.4. The summed E-state index contributed by atoms with van der Waals surface area (Å²) in [4.78, 5) is 2.33. The number of alkyl halides is 3. The number of ether oxygens (including phenoxy) is 1. The normalized spacial score (nSPS) is 22.2. The molecule has 35 heavy (non-hydrogen) atoms. The largest absolute Gasteiger partial charge is 0.573 e. The van der Waals surface area contributed by atoms with Crippen molar-refractivity contribution in [3.8, 4) is 5.75 Å². The number of nitrogens with zero attached hydrogens (tertiary/aromatic N) is 1. The Bertz CT molecular complexity index is 1100. The summed E-state index contributed by atoms with van der Waals surface area (Å²) in [7, 11) is 0. The number of anilines is 2. The highest BCUT2D eigenvalue weighted by Gasteiger charge is 2.38. The molecule has 3 aromatic rings. The maximum Gasteiger partial charge on any atom is 0.573 e. The van der Waals surface area contributed by atoms with Crippen molar-refractivity contribution in [1.29, 1.82) is 0 Å². The van der Waals surface area contributed by atoms with E-state index in [0.717, 1.165) is 49.0 Å². The fourth-order valence-electron chi connectivity index (χ4n) is 5.39. The molecule has 184 valence electrons. The van der Waals surface area contributed by atoms with Gasteiger partial charge in [-0.15, -0.1) is 13.2 Å². The minimum atomic E-state index is -4.70. The summed E-state index contributed by atoms with van der Waals surface area (Å²) in [6.07, 6.45) is -0.694. The van der Waals surface area contributed by atoms with Crippen LogP contribution in [0.4, 0.5) is 24.5 Å². The summed E-state index contributed by atoms with van der Waals surface area (Å²) in [5.74, 6) is -0.238. The van der Waals surface area contributed by atoms with E-state index >= 15 is 0 Å². The summed E-state index contributed by atoms with van der Waals surface area (Å²) in [6, 6.07) is 22.5. The molecule has 1 heterocycles. The number of benzene rings is 3. The number of para-hydroxylation sites is 2. The summed E-state index contributed by atoms with van der Waals surface area (Å²) >= 11 is 0. The Morgan fingerprint density at radius 1 is 0.857 bits per heavy atom. The number of nitrogens with one attached hydrogen (secondary N) is 1. The van der Waals surface area contributed by atoms with Crippen LogP contribution in [0.1, 0.15) is 36.0 Å². The van der Waals surface area contributed by atoms with E-state index in [-0.39, 0.29) is 17.8 Å². The van der Waals surface area contributed by atoms with Gasteiger partial charge in [0.1, 0.15) is 5.75 Å². The predicted octanol–water partition coefficient (Wildman–Crippen LogP) is 5.89. The highest BCUT2D eigenvalue weighted by Crippen LogP contribution is 2.41. The average molecular weight is 483 g/mol. The summed E-state index contributed by atoms with van der Waals surface area (Å²) < 4.78 is 41.2. The number of hydrogen-bond donors (Lipinski definition) is 2. The number of halogens is 3. The van der Waals surface area contributed by atoms with Gasteiger partial charge in [0.25, 0.3) is 0 Å². The van der Waals surface area contributed by atoms with E-state index in [0.29, 0.717) is 6.54 Å². The van der Waals surface area contributed by atoms with Gasteiger partial charge in [-0.1, -0.05) is 48.5 Å². The molecule has 0 bridgehead atoms. The van der Waals surface area contributed by atoms with Gasteiger partial charge in [-0.2, -0.15) is 0 Å². The first kappa shape index (κ1) is 23.7. The zero-order chi connectivity index (χ0) is 24.4. The van der Waals surface area contributed by atoms with E-state index in [1.54, 1.807) is 12.1 Å². The molecule has 1 aliphatic carbocycles. The summed E-state index contributed by atoms with van der Waals surface area (Å²) in [6.45, 7) is 0.452. The van der Waals surface area contributed by atoms with Crippen molar-refractivity contribution < 1.29 is 23.0 Å². The number of hydrogen-bond acceptors (Lipinski definition) is 4. The van der Waals surface area contributed by atoms with Gasteiger partial charge >= 0.3 is 6.36 Å². The standard InChI is InChI=1S/C28H29F3N2O2/c29-28(30,31)35-22-16-12-19(13-17-22)18-32-23-8-5-11-26(27(23)34)33-24-9-3-1-6-20(24)14-15-21-7-2-4-10-25(21)33/h1-4,6-7,9-10,12-13,16-17,23,26-27,32,34H,5,8,11,14-15,18H2/t23-,26?,27+/m0/s1. The summed E-state index contributed by atoms with van der Waals surface area (Å²) in [5.41, 5.74) is 5.71. The Morgan fingerprint density at radius 3 is 2.06 bits per heavy atom. The molecule has 0 spiro atoms. The van der Waals surface area contributed by atoms with Crippen LogP contribution < -0.4 is 15.0 Å². The van der Waals surface area contributed by atoms with Crippen LogP contribution in [0.15, 0.2) is 72.8 Å². The third-order valence-corrected chi connectivity index (χ3v) is 7.04. The lowest BCUT2D eigenvalue weighted by molar-refractivity contribution is -0.274. The van der Waals surface area contributed by atoms with E-state index in [9.17, 15) is 18.3 Å². The highest BCUT2D eigenvalue weighted by molar-refractivity contribution is 5.72. The van der Waals surface area contributed by atoms with Crippen LogP contribution in [0, 0.1) is 0 Å². The third-order valence-electron chi connectivity index (χ3n) is 7.04. The molecular weight excluding hydrogens is 453 g/mol. The van der Waals surface area contributed by atoms with Crippen LogP contribution in [0.5, 0.6) is 5.75 Å². The molecule has 1 saturated carbocycles. The molecule has 1 aliphatic heterocycles.